The Morgan fingerprint density at radius 2 is 0.613 bits per heavy atom. The van der Waals surface area contributed by atoms with Crippen LogP contribution in [0.3, 0.4) is 0 Å². The minimum Gasteiger partial charge on any atom is -0.307 e. The fourth-order valence-electron chi connectivity index (χ4n) is 9.18. The number of hydrogen-bond acceptors (Lipinski definition) is 3. The van der Waals surface area contributed by atoms with Crippen molar-refractivity contribution in [1.82, 2.24) is 24.1 Å². The maximum atomic E-state index is 5.47. The van der Waals surface area contributed by atoms with E-state index in [9.17, 15) is 0 Å². The second-order valence-electron chi connectivity index (χ2n) is 15.6. The first-order valence-corrected chi connectivity index (χ1v) is 21.0. The zero-order valence-electron chi connectivity index (χ0n) is 33.6. The number of fused-ring (bicyclic) bond motifs is 7. The van der Waals surface area contributed by atoms with Crippen molar-refractivity contribution in [2.24, 2.45) is 0 Å². The number of aromatic nitrogens is 5. The van der Waals surface area contributed by atoms with Crippen LogP contribution in [0.2, 0.25) is 0 Å². The summed E-state index contributed by atoms with van der Waals surface area (Å²) in [6.07, 6.45) is 0. The van der Waals surface area contributed by atoms with Crippen molar-refractivity contribution in [2.45, 2.75) is 0 Å². The van der Waals surface area contributed by atoms with E-state index < -0.39 is 0 Å². The predicted molar refractivity (Wildman–Crippen MR) is 256 cm³/mol. The van der Waals surface area contributed by atoms with Gasteiger partial charge in [0, 0.05) is 49.5 Å². The molecule has 0 radical (unpaired) electrons. The fourth-order valence-corrected chi connectivity index (χ4v) is 9.18. The standard InChI is InChI=1S/C57H37N5/c1-6-18-38(19-7-1)39-32-34-43(35-33-39)56-58-55(42-24-12-4-13-25-42)59-57(60-56)62-52-46(41-22-10-3-11-23-41)29-17-31-48(52)50-37-36-49-47-30-16-28-45(40-20-8-2-9-21-40)51(47)61(53(49)54(50)62)44-26-14-5-15-27-44/h1-37H. The molecular formula is C57H37N5. The third-order valence-electron chi connectivity index (χ3n) is 12.0. The van der Waals surface area contributed by atoms with Crippen molar-refractivity contribution in [3.63, 3.8) is 0 Å². The van der Waals surface area contributed by atoms with Crippen molar-refractivity contribution in [1.29, 1.82) is 0 Å². The maximum Gasteiger partial charge on any atom is 0.238 e. The number of rotatable bonds is 7. The van der Waals surface area contributed by atoms with Crippen LogP contribution in [-0.2, 0) is 0 Å². The van der Waals surface area contributed by atoms with E-state index in [0.29, 0.717) is 17.6 Å². The van der Waals surface area contributed by atoms with Crippen molar-refractivity contribution in [3.05, 3.63) is 224 Å². The van der Waals surface area contributed by atoms with Gasteiger partial charge < -0.3 is 4.57 Å². The minimum atomic E-state index is 0.546. The summed E-state index contributed by atoms with van der Waals surface area (Å²) >= 11 is 0. The second-order valence-corrected chi connectivity index (χ2v) is 15.6. The number of nitrogens with zero attached hydrogens (tertiary/aromatic N) is 5. The van der Waals surface area contributed by atoms with E-state index >= 15 is 0 Å². The predicted octanol–water partition coefficient (Wildman–Crippen LogP) is 14.4. The Morgan fingerprint density at radius 3 is 1.13 bits per heavy atom. The van der Waals surface area contributed by atoms with E-state index in [0.717, 1.165) is 88.4 Å². The molecule has 12 rings (SSSR count). The highest BCUT2D eigenvalue weighted by molar-refractivity contribution is 6.26. The molecule has 3 heterocycles. The molecule has 0 saturated heterocycles. The average molecular weight is 792 g/mol. The Morgan fingerprint density at radius 1 is 0.242 bits per heavy atom. The molecule has 12 aromatic rings. The van der Waals surface area contributed by atoms with E-state index in [1.807, 2.05) is 24.3 Å². The lowest BCUT2D eigenvalue weighted by Crippen LogP contribution is -2.07. The van der Waals surface area contributed by atoms with Gasteiger partial charge in [-0.15, -0.1) is 0 Å². The van der Waals surface area contributed by atoms with Gasteiger partial charge in [0.2, 0.25) is 5.95 Å². The molecule has 0 amide bonds. The van der Waals surface area contributed by atoms with E-state index in [2.05, 4.69) is 209 Å². The minimum absolute atomic E-state index is 0.546. The zero-order chi connectivity index (χ0) is 41.0. The zero-order valence-corrected chi connectivity index (χ0v) is 33.6. The summed E-state index contributed by atoms with van der Waals surface area (Å²) in [4.78, 5) is 16.1. The molecule has 290 valence electrons. The fraction of sp³-hybridized carbons (Fsp3) is 0. The van der Waals surface area contributed by atoms with E-state index in [-0.39, 0.29) is 0 Å². The highest BCUT2D eigenvalue weighted by Crippen LogP contribution is 2.45. The van der Waals surface area contributed by atoms with Crippen LogP contribution in [-0.4, -0.2) is 24.1 Å². The summed E-state index contributed by atoms with van der Waals surface area (Å²) < 4.78 is 4.77. The summed E-state index contributed by atoms with van der Waals surface area (Å²) in [6, 6.07) is 79.2. The molecule has 3 aromatic heterocycles. The molecule has 5 heteroatoms. The van der Waals surface area contributed by atoms with Gasteiger partial charge in [-0.2, -0.15) is 9.97 Å². The molecule has 62 heavy (non-hydrogen) atoms. The van der Waals surface area contributed by atoms with Crippen LogP contribution < -0.4 is 0 Å². The van der Waals surface area contributed by atoms with Gasteiger partial charge in [-0.25, -0.2) is 4.98 Å². The SMILES string of the molecule is c1ccc(-c2ccc(-c3nc(-c4ccccc4)nc(-n4c5c(-c6ccccc6)cccc5c5ccc6c7cccc(-c8ccccc8)c7n(-c7ccccc7)c6c54)n3)cc2)cc1. The molecule has 0 saturated carbocycles. The molecule has 0 spiro atoms. The monoisotopic (exact) mass is 791 g/mol. The molecule has 0 aliphatic heterocycles. The number of para-hydroxylation sites is 3. The molecule has 0 aliphatic rings. The van der Waals surface area contributed by atoms with E-state index in [1.165, 1.54) is 5.39 Å². The third-order valence-corrected chi connectivity index (χ3v) is 12.0. The molecule has 9 aromatic carbocycles. The lowest BCUT2D eigenvalue weighted by atomic mass is 10.0. The molecule has 0 bridgehead atoms. The highest BCUT2D eigenvalue weighted by atomic mass is 15.2. The lowest BCUT2D eigenvalue weighted by molar-refractivity contribution is 0.954. The molecular weight excluding hydrogens is 755 g/mol. The van der Waals surface area contributed by atoms with Crippen molar-refractivity contribution in [2.75, 3.05) is 0 Å². The van der Waals surface area contributed by atoms with Crippen LogP contribution in [0.1, 0.15) is 0 Å². The van der Waals surface area contributed by atoms with Crippen LogP contribution in [0, 0.1) is 0 Å². The van der Waals surface area contributed by atoms with Crippen LogP contribution in [0.4, 0.5) is 0 Å². The normalized spacial score (nSPS) is 11.5. The molecule has 0 N–H and O–H groups in total. The van der Waals surface area contributed by atoms with Gasteiger partial charge >= 0.3 is 0 Å². The van der Waals surface area contributed by atoms with Gasteiger partial charge in [0.05, 0.1) is 22.1 Å². The summed E-state index contributed by atoms with van der Waals surface area (Å²) in [5, 5.41) is 4.55. The Balaban J connectivity index is 1.25. The van der Waals surface area contributed by atoms with Crippen molar-refractivity contribution >= 4 is 43.6 Å². The quantitative estimate of drug-likeness (QED) is 0.162. The van der Waals surface area contributed by atoms with Gasteiger partial charge in [0.1, 0.15) is 0 Å². The number of hydrogen-bond donors (Lipinski definition) is 0. The van der Waals surface area contributed by atoms with Crippen molar-refractivity contribution in [3.8, 4) is 67.8 Å². The highest BCUT2D eigenvalue weighted by Gasteiger charge is 2.26. The van der Waals surface area contributed by atoms with Gasteiger partial charge in [-0.1, -0.05) is 212 Å². The van der Waals surface area contributed by atoms with Gasteiger partial charge in [0.15, 0.2) is 11.6 Å². The van der Waals surface area contributed by atoms with Gasteiger partial charge in [0.25, 0.3) is 0 Å². The average Bonchev–Trinajstić information content (AvgIpc) is 3.89. The van der Waals surface area contributed by atoms with Gasteiger partial charge in [-0.05, 0) is 34.4 Å². The van der Waals surface area contributed by atoms with Crippen LogP contribution >= 0.6 is 0 Å². The largest absolute Gasteiger partial charge is 0.307 e. The molecule has 0 unspecified atom stereocenters. The van der Waals surface area contributed by atoms with E-state index in [4.69, 9.17) is 15.0 Å². The van der Waals surface area contributed by atoms with Crippen molar-refractivity contribution < 1.29 is 0 Å². The summed E-state index contributed by atoms with van der Waals surface area (Å²) in [7, 11) is 0. The van der Waals surface area contributed by atoms with Crippen LogP contribution in [0.5, 0.6) is 0 Å². The Labute approximate surface area is 358 Å². The first-order valence-electron chi connectivity index (χ1n) is 21.0. The topological polar surface area (TPSA) is 48.5 Å². The number of benzene rings is 9. The van der Waals surface area contributed by atoms with Crippen LogP contribution in [0.15, 0.2) is 224 Å². The summed E-state index contributed by atoms with van der Waals surface area (Å²) in [6.45, 7) is 0. The maximum absolute atomic E-state index is 5.47. The Kier molecular flexibility index (Phi) is 8.42. The Hall–Kier alpha value is -8.41. The smallest absolute Gasteiger partial charge is 0.238 e. The van der Waals surface area contributed by atoms with E-state index in [1.54, 1.807) is 0 Å². The second kappa shape index (κ2) is 14.7. The first-order chi connectivity index (χ1) is 30.8. The molecule has 5 nitrogen and oxygen atoms in total. The molecule has 0 atom stereocenters. The summed E-state index contributed by atoms with van der Waals surface area (Å²) in [5.74, 6) is 1.75. The first kappa shape index (κ1) is 35.5. The Bertz CT molecular complexity index is 3580. The molecule has 0 fully saturated rings. The summed E-state index contributed by atoms with van der Waals surface area (Å²) in [5.41, 5.74) is 14.0. The lowest BCUT2D eigenvalue weighted by Gasteiger charge is -2.15. The van der Waals surface area contributed by atoms with Crippen LogP contribution in [0.25, 0.3) is 111 Å². The van der Waals surface area contributed by atoms with Gasteiger partial charge in [-0.3, -0.25) is 4.57 Å². The third kappa shape index (κ3) is 5.82. The molecule has 0 aliphatic carbocycles.